The molecule has 0 fully saturated rings. The lowest BCUT2D eigenvalue weighted by Gasteiger charge is -2.18. The number of hydrogen-bond acceptors (Lipinski definition) is 1. The van der Waals surface area contributed by atoms with Crippen LogP contribution in [0.5, 0.6) is 0 Å². The molecule has 0 spiro atoms. The van der Waals surface area contributed by atoms with Crippen LogP contribution in [0.2, 0.25) is 0 Å². The first-order valence-electron chi connectivity index (χ1n) is 6.54. The molecule has 0 bridgehead atoms. The van der Waals surface area contributed by atoms with Crippen LogP contribution in [-0.4, -0.2) is 11.3 Å². The van der Waals surface area contributed by atoms with Gasteiger partial charge in [0, 0.05) is 4.47 Å². The highest BCUT2D eigenvalue weighted by atomic mass is 79.9. The minimum absolute atomic E-state index is 0.175. The molecule has 0 aromatic heterocycles. The molecule has 5 heteroatoms. The fraction of sp³-hybridized carbons (Fsp3) is 0.188. The molecule has 0 saturated heterocycles. The zero-order chi connectivity index (χ0) is 15.0. The first-order valence-corrected chi connectivity index (χ1v) is 7.77. The highest BCUT2D eigenvalue weighted by Gasteiger charge is 2.32. The molecule has 1 aliphatic rings. The Bertz CT molecular complexity index is 706. The van der Waals surface area contributed by atoms with Gasteiger partial charge in [-0.25, -0.2) is 4.39 Å². The van der Waals surface area contributed by atoms with Crippen molar-refractivity contribution in [2.75, 3.05) is 0 Å². The van der Waals surface area contributed by atoms with Gasteiger partial charge in [-0.3, -0.25) is 4.79 Å². The van der Waals surface area contributed by atoms with E-state index in [1.54, 1.807) is 0 Å². The molecule has 2 atom stereocenters. The van der Waals surface area contributed by atoms with Crippen molar-refractivity contribution in [3.63, 3.8) is 0 Å². The van der Waals surface area contributed by atoms with E-state index in [0.717, 1.165) is 17.5 Å². The molecule has 1 amide bonds. The number of benzene rings is 2. The number of halogens is 3. The second-order valence-corrected chi connectivity index (χ2v) is 6.41. The van der Waals surface area contributed by atoms with Gasteiger partial charge in [0.05, 0.1) is 17.0 Å². The van der Waals surface area contributed by atoms with Crippen LogP contribution in [0.3, 0.4) is 0 Å². The molecule has 0 heterocycles. The van der Waals surface area contributed by atoms with Crippen molar-refractivity contribution in [1.82, 2.24) is 5.32 Å². The lowest BCUT2D eigenvalue weighted by Crippen LogP contribution is -2.32. The van der Waals surface area contributed by atoms with Gasteiger partial charge in [-0.15, -0.1) is 11.6 Å². The predicted molar refractivity (Wildman–Crippen MR) is 84.1 cm³/mol. The molecule has 2 unspecified atom stereocenters. The van der Waals surface area contributed by atoms with Gasteiger partial charge in [-0.1, -0.05) is 24.3 Å². The van der Waals surface area contributed by atoms with Crippen LogP contribution < -0.4 is 5.32 Å². The molecule has 1 aliphatic carbocycles. The molecule has 2 aromatic carbocycles. The summed E-state index contributed by atoms with van der Waals surface area (Å²) in [7, 11) is 0. The van der Waals surface area contributed by atoms with Crippen molar-refractivity contribution in [1.29, 1.82) is 0 Å². The first kappa shape index (κ1) is 14.5. The van der Waals surface area contributed by atoms with Crippen LogP contribution in [0.25, 0.3) is 0 Å². The maximum Gasteiger partial charge on any atom is 0.252 e. The molecule has 1 N–H and O–H groups in total. The van der Waals surface area contributed by atoms with E-state index >= 15 is 0 Å². The Morgan fingerprint density at radius 3 is 2.81 bits per heavy atom. The summed E-state index contributed by atoms with van der Waals surface area (Å²) in [5, 5.41) is 2.76. The number of hydrogen-bond donors (Lipinski definition) is 1. The molecule has 108 valence electrons. The molecule has 3 rings (SSSR count). The van der Waals surface area contributed by atoms with Crippen molar-refractivity contribution in [2.45, 2.75) is 17.8 Å². The third-order valence-corrected chi connectivity index (χ3v) is 4.69. The fourth-order valence-corrected chi connectivity index (χ4v) is 3.50. The topological polar surface area (TPSA) is 29.1 Å². The number of carbonyl (C=O) groups excluding carboxylic acids is 1. The normalized spacial score (nSPS) is 20.1. The number of carbonyl (C=O) groups is 1. The average molecular weight is 369 g/mol. The monoisotopic (exact) mass is 367 g/mol. The van der Waals surface area contributed by atoms with Gasteiger partial charge < -0.3 is 5.32 Å². The second-order valence-electron chi connectivity index (χ2n) is 4.99. The molecule has 0 radical (unpaired) electrons. The van der Waals surface area contributed by atoms with Crippen molar-refractivity contribution in [2.24, 2.45) is 0 Å². The highest BCUT2D eigenvalue weighted by Crippen LogP contribution is 2.35. The Kier molecular flexibility index (Phi) is 4.00. The summed E-state index contributed by atoms with van der Waals surface area (Å²) < 4.78 is 13.5. The smallest absolute Gasteiger partial charge is 0.252 e. The Labute approximate surface area is 135 Å². The minimum atomic E-state index is -0.389. The van der Waals surface area contributed by atoms with E-state index in [1.807, 2.05) is 24.3 Å². The van der Waals surface area contributed by atoms with Crippen LogP contribution in [-0.2, 0) is 6.42 Å². The van der Waals surface area contributed by atoms with Crippen molar-refractivity contribution in [3.8, 4) is 0 Å². The Morgan fingerprint density at radius 2 is 2.05 bits per heavy atom. The zero-order valence-corrected chi connectivity index (χ0v) is 13.3. The molecular weight excluding hydrogens is 357 g/mol. The number of rotatable bonds is 2. The van der Waals surface area contributed by atoms with Gasteiger partial charge in [0.25, 0.3) is 5.91 Å². The molecule has 2 nitrogen and oxygen atoms in total. The van der Waals surface area contributed by atoms with Gasteiger partial charge >= 0.3 is 0 Å². The van der Waals surface area contributed by atoms with Crippen LogP contribution in [0.1, 0.15) is 27.5 Å². The third kappa shape index (κ3) is 2.83. The molecule has 2 aromatic rings. The van der Waals surface area contributed by atoms with Crippen molar-refractivity contribution >= 4 is 33.4 Å². The number of amides is 1. The standard InChI is InChI=1S/C16H12BrClFNO/c17-13-8-10(19)5-6-12(13)16(21)20-15-11-4-2-1-3-9(11)7-14(15)18/h1-6,8,14-15H,7H2,(H,20,21). The van der Waals surface area contributed by atoms with Gasteiger partial charge in [0.1, 0.15) is 5.82 Å². The molecule has 0 saturated carbocycles. The van der Waals surface area contributed by atoms with E-state index in [9.17, 15) is 9.18 Å². The number of fused-ring (bicyclic) bond motifs is 1. The summed E-state index contributed by atoms with van der Waals surface area (Å²) >= 11 is 9.56. The highest BCUT2D eigenvalue weighted by molar-refractivity contribution is 9.10. The third-order valence-electron chi connectivity index (χ3n) is 3.63. The lowest BCUT2D eigenvalue weighted by atomic mass is 10.1. The number of nitrogens with one attached hydrogen (secondary N) is 1. The van der Waals surface area contributed by atoms with Crippen LogP contribution in [0.4, 0.5) is 4.39 Å². The maximum absolute atomic E-state index is 13.1. The van der Waals surface area contributed by atoms with Crippen molar-refractivity contribution in [3.05, 3.63) is 69.4 Å². The van der Waals surface area contributed by atoms with Gasteiger partial charge in [-0.05, 0) is 51.7 Å². The van der Waals surface area contributed by atoms with Crippen LogP contribution in [0.15, 0.2) is 46.9 Å². The zero-order valence-electron chi connectivity index (χ0n) is 10.9. The Morgan fingerprint density at radius 1 is 1.29 bits per heavy atom. The van der Waals surface area contributed by atoms with E-state index in [2.05, 4.69) is 21.2 Å². The lowest BCUT2D eigenvalue weighted by molar-refractivity contribution is 0.0936. The van der Waals surface area contributed by atoms with E-state index in [-0.39, 0.29) is 23.1 Å². The van der Waals surface area contributed by atoms with Crippen LogP contribution in [0, 0.1) is 5.82 Å². The van der Waals surface area contributed by atoms with E-state index in [0.29, 0.717) is 10.0 Å². The summed E-state index contributed by atoms with van der Waals surface area (Å²) in [6, 6.07) is 11.7. The summed E-state index contributed by atoms with van der Waals surface area (Å²) in [4.78, 5) is 12.4. The summed E-state index contributed by atoms with van der Waals surface area (Å²) in [5.41, 5.74) is 2.59. The Hall–Kier alpha value is -1.39. The van der Waals surface area contributed by atoms with Crippen molar-refractivity contribution < 1.29 is 9.18 Å². The summed E-state index contributed by atoms with van der Waals surface area (Å²) in [5.74, 6) is -0.658. The second kappa shape index (κ2) is 5.78. The largest absolute Gasteiger partial charge is 0.344 e. The quantitative estimate of drug-likeness (QED) is 0.790. The predicted octanol–water partition coefficient (Wildman–Crippen LogP) is 4.22. The fourth-order valence-electron chi connectivity index (χ4n) is 2.61. The SMILES string of the molecule is O=C(NC1c2ccccc2CC1Cl)c1ccc(F)cc1Br. The molecule has 0 aliphatic heterocycles. The Balaban J connectivity index is 1.85. The van der Waals surface area contributed by atoms with E-state index in [4.69, 9.17) is 11.6 Å². The van der Waals surface area contributed by atoms with E-state index < -0.39 is 0 Å². The minimum Gasteiger partial charge on any atom is -0.344 e. The van der Waals surface area contributed by atoms with E-state index in [1.165, 1.54) is 18.2 Å². The average Bonchev–Trinajstić information content (AvgIpc) is 2.75. The summed E-state index contributed by atoms with van der Waals surface area (Å²) in [6.07, 6.45) is 0.729. The van der Waals surface area contributed by atoms with Gasteiger partial charge in [0.2, 0.25) is 0 Å². The van der Waals surface area contributed by atoms with Gasteiger partial charge in [-0.2, -0.15) is 0 Å². The maximum atomic E-state index is 13.1. The number of alkyl halides is 1. The molecular formula is C16H12BrClFNO. The summed E-state index contributed by atoms with van der Waals surface area (Å²) in [6.45, 7) is 0. The first-order chi connectivity index (χ1) is 10.1. The molecule has 21 heavy (non-hydrogen) atoms. The van der Waals surface area contributed by atoms with Crippen LogP contribution >= 0.6 is 27.5 Å². The van der Waals surface area contributed by atoms with Gasteiger partial charge in [0.15, 0.2) is 0 Å².